The van der Waals surface area contributed by atoms with Gasteiger partial charge in [-0.2, -0.15) is 5.26 Å². The van der Waals surface area contributed by atoms with Gasteiger partial charge in [-0.25, -0.2) is 0 Å². The predicted molar refractivity (Wildman–Crippen MR) is 47.8 cm³/mol. The number of nitrogens with zero attached hydrogens (tertiary/aromatic N) is 1. The van der Waals surface area contributed by atoms with Gasteiger partial charge in [0.2, 0.25) is 0 Å². The van der Waals surface area contributed by atoms with Crippen LogP contribution in [0, 0.1) is 11.3 Å². The monoisotopic (exact) mass is 185 g/mol. The van der Waals surface area contributed by atoms with E-state index in [0.29, 0.717) is 12.2 Å². The second-order valence-electron chi connectivity index (χ2n) is 2.38. The molecule has 0 heterocycles. The SMILES string of the molecule is CC(=O)C(SCCC#N)C(C)=O. The van der Waals surface area contributed by atoms with Crippen molar-refractivity contribution in [1.82, 2.24) is 0 Å². The molecule has 0 aliphatic heterocycles. The highest BCUT2D eigenvalue weighted by Crippen LogP contribution is 2.13. The van der Waals surface area contributed by atoms with E-state index in [1.165, 1.54) is 25.6 Å². The summed E-state index contributed by atoms with van der Waals surface area (Å²) in [5.74, 6) is 0.274. The molecule has 0 atom stereocenters. The molecule has 66 valence electrons. The summed E-state index contributed by atoms with van der Waals surface area (Å²) < 4.78 is 0. The standard InChI is InChI=1S/C8H11NO2S/c1-6(10)8(7(2)11)12-5-3-4-9/h8H,3,5H2,1-2H3. The molecule has 3 nitrogen and oxygen atoms in total. The van der Waals surface area contributed by atoms with Gasteiger partial charge in [0.05, 0.1) is 6.07 Å². The Hall–Kier alpha value is -0.820. The van der Waals surface area contributed by atoms with Gasteiger partial charge >= 0.3 is 0 Å². The number of rotatable bonds is 5. The zero-order valence-electron chi connectivity index (χ0n) is 7.16. The maximum absolute atomic E-state index is 10.9. The van der Waals surface area contributed by atoms with Gasteiger partial charge in [0.25, 0.3) is 0 Å². The van der Waals surface area contributed by atoms with Crippen LogP contribution in [0.2, 0.25) is 0 Å². The Balaban J connectivity index is 3.91. The van der Waals surface area contributed by atoms with Crippen LogP contribution in [0.15, 0.2) is 0 Å². The lowest BCUT2D eigenvalue weighted by Gasteiger charge is -2.07. The van der Waals surface area contributed by atoms with Gasteiger partial charge in [0.15, 0.2) is 0 Å². The molecule has 0 bridgehead atoms. The fraction of sp³-hybridized carbons (Fsp3) is 0.625. The summed E-state index contributed by atoms with van der Waals surface area (Å²) in [6.45, 7) is 2.79. The van der Waals surface area contributed by atoms with Crippen LogP contribution in [0.3, 0.4) is 0 Å². The first-order chi connectivity index (χ1) is 5.59. The van der Waals surface area contributed by atoms with Gasteiger partial charge in [-0.05, 0) is 13.8 Å². The molecule has 0 saturated carbocycles. The van der Waals surface area contributed by atoms with Crippen LogP contribution < -0.4 is 0 Å². The molecule has 0 aromatic rings. The van der Waals surface area contributed by atoms with Gasteiger partial charge in [-0.15, -0.1) is 11.8 Å². The van der Waals surface area contributed by atoms with Crippen molar-refractivity contribution >= 4 is 23.3 Å². The minimum Gasteiger partial charge on any atom is -0.298 e. The van der Waals surface area contributed by atoms with E-state index in [4.69, 9.17) is 5.26 Å². The van der Waals surface area contributed by atoms with E-state index in [1.807, 2.05) is 6.07 Å². The van der Waals surface area contributed by atoms with E-state index in [0.717, 1.165) is 0 Å². The van der Waals surface area contributed by atoms with Gasteiger partial charge < -0.3 is 0 Å². The highest BCUT2D eigenvalue weighted by atomic mass is 32.2. The molecule has 0 radical (unpaired) electrons. The number of hydrogen-bond donors (Lipinski definition) is 0. The number of carbonyl (C=O) groups excluding carboxylic acids is 2. The van der Waals surface area contributed by atoms with Gasteiger partial charge in [-0.1, -0.05) is 0 Å². The second-order valence-corrected chi connectivity index (χ2v) is 3.59. The van der Waals surface area contributed by atoms with Crippen LogP contribution >= 0.6 is 11.8 Å². The second kappa shape index (κ2) is 5.78. The molecule has 0 unspecified atom stereocenters. The van der Waals surface area contributed by atoms with Crippen molar-refractivity contribution in [2.45, 2.75) is 25.5 Å². The maximum Gasteiger partial charge on any atom is 0.150 e. The third-order valence-corrected chi connectivity index (χ3v) is 2.67. The smallest absolute Gasteiger partial charge is 0.150 e. The van der Waals surface area contributed by atoms with Crippen LogP contribution in [0.25, 0.3) is 0 Å². The molecule has 0 aliphatic carbocycles. The Kier molecular flexibility index (Phi) is 5.39. The predicted octanol–water partition coefficient (Wildman–Crippen LogP) is 1.18. The highest BCUT2D eigenvalue weighted by Gasteiger charge is 2.18. The van der Waals surface area contributed by atoms with Crippen LogP contribution in [-0.2, 0) is 9.59 Å². The van der Waals surface area contributed by atoms with E-state index < -0.39 is 5.25 Å². The fourth-order valence-electron chi connectivity index (χ4n) is 0.743. The number of ketones is 2. The third kappa shape index (κ3) is 4.14. The number of nitriles is 1. The largest absolute Gasteiger partial charge is 0.298 e. The van der Waals surface area contributed by atoms with Crippen molar-refractivity contribution in [2.75, 3.05) is 5.75 Å². The number of hydrogen-bond acceptors (Lipinski definition) is 4. The molecule has 4 heteroatoms. The van der Waals surface area contributed by atoms with Crippen molar-refractivity contribution < 1.29 is 9.59 Å². The summed E-state index contributed by atoms with van der Waals surface area (Å²) in [6.07, 6.45) is 0.377. The van der Waals surface area contributed by atoms with Crippen molar-refractivity contribution in [3.63, 3.8) is 0 Å². The lowest BCUT2D eigenvalue weighted by atomic mass is 10.2. The molecule has 0 aromatic heterocycles. The summed E-state index contributed by atoms with van der Waals surface area (Å²) in [5.41, 5.74) is 0. The van der Waals surface area contributed by atoms with E-state index in [-0.39, 0.29) is 11.6 Å². The van der Waals surface area contributed by atoms with E-state index >= 15 is 0 Å². The van der Waals surface area contributed by atoms with Crippen molar-refractivity contribution in [1.29, 1.82) is 5.26 Å². The van der Waals surface area contributed by atoms with E-state index in [9.17, 15) is 9.59 Å². The first-order valence-electron chi connectivity index (χ1n) is 3.59. The molecule has 0 saturated heterocycles. The highest BCUT2D eigenvalue weighted by molar-refractivity contribution is 8.01. The zero-order chi connectivity index (χ0) is 9.56. The summed E-state index contributed by atoms with van der Waals surface area (Å²) in [4.78, 5) is 21.7. The Morgan fingerprint density at radius 2 is 1.92 bits per heavy atom. The minimum atomic E-state index is -0.571. The Bertz CT molecular complexity index is 206. The maximum atomic E-state index is 10.9. The molecule has 0 amide bonds. The molecule has 0 N–H and O–H groups in total. The van der Waals surface area contributed by atoms with E-state index in [1.54, 1.807) is 0 Å². The molecule has 0 fully saturated rings. The first-order valence-corrected chi connectivity index (χ1v) is 4.64. The summed E-state index contributed by atoms with van der Waals surface area (Å²) in [6, 6.07) is 1.96. The summed E-state index contributed by atoms with van der Waals surface area (Å²) in [5, 5.41) is 7.65. The number of thioether (sulfide) groups is 1. The quantitative estimate of drug-likeness (QED) is 0.476. The summed E-state index contributed by atoms with van der Waals surface area (Å²) in [7, 11) is 0. The normalized spacial score (nSPS) is 9.50. The molecule has 0 rings (SSSR count). The topological polar surface area (TPSA) is 57.9 Å². The molecule has 0 aromatic carbocycles. The zero-order valence-corrected chi connectivity index (χ0v) is 7.98. The third-order valence-electron chi connectivity index (χ3n) is 1.24. The first kappa shape index (κ1) is 11.2. The minimum absolute atomic E-state index is 0.134. The van der Waals surface area contributed by atoms with Crippen molar-refractivity contribution in [3.8, 4) is 6.07 Å². The lowest BCUT2D eigenvalue weighted by Crippen LogP contribution is -2.22. The molecule has 0 spiro atoms. The van der Waals surface area contributed by atoms with Crippen LogP contribution in [0.4, 0.5) is 0 Å². The molecule has 0 aliphatic rings. The Morgan fingerprint density at radius 1 is 1.42 bits per heavy atom. The van der Waals surface area contributed by atoms with Crippen molar-refractivity contribution in [3.05, 3.63) is 0 Å². The molecular formula is C8H11NO2S. The fourth-order valence-corrected chi connectivity index (χ4v) is 1.66. The average molecular weight is 185 g/mol. The number of Topliss-reactive ketones (excluding diaryl/α,β-unsaturated/α-hetero) is 2. The van der Waals surface area contributed by atoms with E-state index in [2.05, 4.69) is 0 Å². The average Bonchev–Trinajstić information content (AvgIpc) is 1.96. The van der Waals surface area contributed by atoms with Crippen molar-refractivity contribution in [2.24, 2.45) is 0 Å². The van der Waals surface area contributed by atoms with Gasteiger partial charge in [0.1, 0.15) is 16.8 Å². The van der Waals surface area contributed by atoms with Gasteiger partial charge in [0, 0.05) is 12.2 Å². The summed E-state index contributed by atoms with van der Waals surface area (Å²) >= 11 is 1.24. The van der Waals surface area contributed by atoms with Gasteiger partial charge in [-0.3, -0.25) is 9.59 Å². The van der Waals surface area contributed by atoms with Crippen LogP contribution in [-0.4, -0.2) is 22.6 Å². The van der Waals surface area contributed by atoms with Crippen LogP contribution in [0.1, 0.15) is 20.3 Å². The molecular weight excluding hydrogens is 174 g/mol. The lowest BCUT2D eigenvalue weighted by molar-refractivity contribution is -0.123. The number of carbonyl (C=O) groups is 2. The Morgan fingerprint density at radius 3 is 2.25 bits per heavy atom. The Labute approximate surface area is 76.1 Å². The van der Waals surface area contributed by atoms with Crippen LogP contribution in [0.5, 0.6) is 0 Å². The molecule has 12 heavy (non-hydrogen) atoms.